The molecular weight excluding hydrogens is 343 g/mol. The number of rotatable bonds is 5. The molecule has 2 aromatic rings. The summed E-state index contributed by atoms with van der Waals surface area (Å²) < 4.78 is 11.2. The quantitative estimate of drug-likeness (QED) is 0.350. The standard InChI is InChI=1S/C14H15O7PS/c15-10-3-1-2-9(6-10)8-14(17,18)12-5-4-11(16)7-13(12)23-22(19,20)21/h1-7,15-18H,8H2,(H2,19,20,21). The van der Waals surface area contributed by atoms with Crippen LogP contribution >= 0.6 is 18.2 Å². The van der Waals surface area contributed by atoms with E-state index in [1.807, 2.05) is 0 Å². The molecule has 0 fully saturated rings. The van der Waals surface area contributed by atoms with E-state index in [-0.39, 0.29) is 39.8 Å². The number of phenols is 2. The molecule has 6 N–H and O–H groups in total. The number of benzene rings is 2. The van der Waals surface area contributed by atoms with Crippen LogP contribution in [-0.4, -0.2) is 30.2 Å². The second-order valence-electron chi connectivity index (χ2n) is 4.93. The summed E-state index contributed by atoms with van der Waals surface area (Å²) >= 11 is 0.119. The average Bonchev–Trinajstić information content (AvgIpc) is 2.35. The first-order chi connectivity index (χ1) is 10.6. The Balaban J connectivity index is 2.40. The number of aromatic hydroxyl groups is 2. The molecule has 2 aromatic carbocycles. The molecule has 0 radical (unpaired) electrons. The van der Waals surface area contributed by atoms with Crippen molar-refractivity contribution in [1.82, 2.24) is 0 Å². The summed E-state index contributed by atoms with van der Waals surface area (Å²) in [5, 5.41) is 39.5. The predicted molar refractivity (Wildman–Crippen MR) is 83.9 cm³/mol. The maximum Gasteiger partial charge on any atom is 0.388 e. The van der Waals surface area contributed by atoms with Crippen LogP contribution in [0.5, 0.6) is 11.5 Å². The largest absolute Gasteiger partial charge is 0.508 e. The highest BCUT2D eigenvalue weighted by Gasteiger charge is 2.32. The van der Waals surface area contributed by atoms with E-state index in [0.29, 0.717) is 5.56 Å². The highest BCUT2D eigenvalue weighted by Crippen LogP contribution is 2.56. The van der Waals surface area contributed by atoms with E-state index in [1.54, 1.807) is 6.07 Å². The summed E-state index contributed by atoms with van der Waals surface area (Å²) in [4.78, 5) is 18.0. The second-order valence-corrected chi connectivity index (χ2v) is 8.50. The third-order valence-electron chi connectivity index (χ3n) is 2.98. The maximum atomic E-state index is 11.2. The molecule has 0 saturated heterocycles. The lowest BCUT2D eigenvalue weighted by Gasteiger charge is -2.25. The van der Waals surface area contributed by atoms with Gasteiger partial charge in [0.05, 0.1) is 0 Å². The molecule has 0 aliphatic carbocycles. The van der Waals surface area contributed by atoms with Crippen molar-refractivity contribution in [3.05, 3.63) is 53.6 Å². The van der Waals surface area contributed by atoms with E-state index >= 15 is 0 Å². The van der Waals surface area contributed by atoms with Crippen LogP contribution in [-0.2, 0) is 16.8 Å². The fraction of sp³-hybridized carbons (Fsp3) is 0.143. The minimum absolute atomic E-state index is 0.0474. The second kappa shape index (κ2) is 6.52. The Hall–Kier alpha value is -1.54. The van der Waals surface area contributed by atoms with Crippen molar-refractivity contribution in [2.24, 2.45) is 0 Å². The normalized spacial score (nSPS) is 12.3. The van der Waals surface area contributed by atoms with Crippen LogP contribution in [0.2, 0.25) is 0 Å². The Morgan fingerprint density at radius 3 is 2.26 bits per heavy atom. The zero-order valence-electron chi connectivity index (χ0n) is 11.7. The Kier molecular flexibility index (Phi) is 5.05. The van der Waals surface area contributed by atoms with Crippen molar-refractivity contribution in [3.8, 4) is 11.5 Å². The lowest BCUT2D eigenvalue weighted by Crippen LogP contribution is -2.28. The van der Waals surface area contributed by atoms with Crippen molar-refractivity contribution in [2.45, 2.75) is 17.1 Å². The van der Waals surface area contributed by atoms with Crippen LogP contribution in [0.25, 0.3) is 0 Å². The summed E-state index contributed by atoms with van der Waals surface area (Å²) in [5.41, 5.74) is 0.252. The summed E-state index contributed by atoms with van der Waals surface area (Å²) in [6.07, 6.45) is -0.319. The highest BCUT2D eigenvalue weighted by atomic mass is 32.7. The van der Waals surface area contributed by atoms with Gasteiger partial charge < -0.3 is 30.2 Å². The van der Waals surface area contributed by atoms with Gasteiger partial charge in [0.1, 0.15) is 11.5 Å². The van der Waals surface area contributed by atoms with Gasteiger partial charge in [-0.05, 0) is 47.3 Å². The molecule has 0 bridgehead atoms. The smallest absolute Gasteiger partial charge is 0.388 e. The van der Waals surface area contributed by atoms with Crippen molar-refractivity contribution in [1.29, 1.82) is 0 Å². The predicted octanol–water partition coefficient (Wildman–Crippen LogP) is 1.66. The van der Waals surface area contributed by atoms with Gasteiger partial charge in [0.2, 0.25) is 0 Å². The summed E-state index contributed by atoms with van der Waals surface area (Å²) in [5.74, 6) is -2.76. The first kappa shape index (κ1) is 17.8. The van der Waals surface area contributed by atoms with Gasteiger partial charge in [0, 0.05) is 16.9 Å². The molecule has 0 spiro atoms. The van der Waals surface area contributed by atoms with Crippen LogP contribution in [0.1, 0.15) is 11.1 Å². The molecule has 0 heterocycles. The van der Waals surface area contributed by atoms with E-state index in [2.05, 4.69) is 0 Å². The molecule has 23 heavy (non-hydrogen) atoms. The number of aliphatic hydroxyl groups is 2. The van der Waals surface area contributed by atoms with Crippen molar-refractivity contribution in [2.75, 3.05) is 0 Å². The van der Waals surface area contributed by atoms with E-state index in [1.165, 1.54) is 30.3 Å². The molecule has 0 saturated carbocycles. The highest BCUT2D eigenvalue weighted by molar-refractivity contribution is 8.54. The Labute approximate surface area is 135 Å². The van der Waals surface area contributed by atoms with Gasteiger partial charge >= 0.3 is 6.80 Å². The first-order valence-corrected chi connectivity index (χ1v) is 9.41. The van der Waals surface area contributed by atoms with Crippen LogP contribution < -0.4 is 0 Å². The van der Waals surface area contributed by atoms with Gasteiger partial charge in [0.15, 0.2) is 5.79 Å². The first-order valence-electron chi connectivity index (χ1n) is 6.38. The van der Waals surface area contributed by atoms with Crippen LogP contribution in [0, 0.1) is 0 Å². The molecular formula is C14H15O7PS. The zero-order chi connectivity index (χ0) is 17.3. The maximum absolute atomic E-state index is 11.2. The summed E-state index contributed by atoms with van der Waals surface area (Å²) in [6.45, 7) is -4.55. The van der Waals surface area contributed by atoms with Gasteiger partial charge in [-0.25, -0.2) is 4.57 Å². The molecule has 0 amide bonds. The SMILES string of the molecule is O=P(O)(O)Sc1cc(O)ccc1C(O)(O)Cc1cccc(O)c1. The van der Waals surface area contributed by atoms with E-state index < -0.39 is 12.6 Å². The molecule has 7 nitrogen and oxygen atoms in total. The third-order valence-corrected chi connectivity index (χ3v) is 5.05. The van der Waals surface area contributed by atoms with E-state index in [9.17, 15) is 25.0 Å². The monoisotopic (exact) mass is 358 g/mol. The molecule has 0 aliphatic rings. The molecule has 0 aromatic heterocycles. The molecule has 0 atom stereocenters. The molecule has 0 unspecified atom stereocenters. The number of hydrogen-bond donors (Lipinski definition) is 6. The summed E-state index contributed by atoms with van der Waals surface area (Å²) in [6, 6.07) is 9.27. The molecule has 9 heteroatoms. The lowest BCUT2D eigenvalue weighted by molar-refractivity contribution is -0.169. The Bertz CT molecular complexity index is 757. The minimum atomic E-state index is -4.55. The third kappa shape index (κ3) is 4.97. The Morgan fingerprint density at radius 2 is 1.65 bits per heavy atom. The van der Waals surface area contributed by atoms with Gasteiger partial charge in [-0.1, -0.05) is 12.1 Å². The number of hydrogen-bond acceptors (Lipinski definition) is 6. The fourth-order valence-electron chi connectivity index (χ4n) is 2.09. The van der Waals surface area contributed by atoms with Crippen LogP contribution in [0.3, 0.4) is 0 Å². The van der Waals surface area contributed by atoms with Gasteiger partial charge in [-0.3, -0.25) is 0 Å². The van der Waals surface area contributed by atoms with Crippen molar-refractivity contribution < 1.29 is 34.8 Å². The zero-order valence-corrected chi connectivity index (χ0v) is 13.4. The van der Waals surface area contributed by atoms with Crippen molar-refractivity contribution in [3.63, 3.8) is 0 Å². The molecule has 2 rings (SSSR count). The minimum Gasteiger partial charge on any atom is -0.508 e. The van der Waals surface area contributed by atoms with Crippen LogP contribution in [0.15, 0.2) is 47.4 Å². The van der Waals surface area contributed by atoms with Gasteiger partial charge in [-0.15, -0.1) is 0 Å². The van der Waals surface area contributed by atoms with Crippen LogP contribution in [0.4, 0.5) is 0 Å². The van der Waals surface area contributed by atoms with Gasteiger partial charge in [0.25, 0.3) is 0 Å². The molecule has 124 valence electrons. The average molecular weight is 358 g/mol. The Morgan fingerprint density at radius 1 is 1.00 bits per heavy atom. The van der Waals surface area contributed by atoms with E-state index in [4.69, 9.17) is 9.79 Å². The van der Waals surface area contributed by atoms with Crippen molar-refractivity contribution >= 4 is 18.2 Å². The topological polar surface area (TPSA) is 138 Å². The molecule has 0 aliphatic heterocycles. The van der Waals surface area contributed by atoms with Gasteiger partial charge in [-0.2, -0.15) is 0 Å². The summed E-state index contributed by atoms with van der Waals surface area (Å²) in [7, 11) is 0. The lowest BCUT2D eigenvalue weighted by atomic mass is 9.97. The van der Waals surface area contributed by atoms with E-state index in [0.717, 1.165) is 6.07 Å². The fourth-order valence-corrected chi connectivity index (χ4v) is 4.07. The number of phenolic OH excluding ortho intramolecular Hbond substituents is 2.